The molecule has 0 saturated carbocycles. The summed E-state index contributed by atoms with van der Waals surface area (Å²) in [5.74, 6) is 0.140. The van der Waals surface area contributed by atoms with Crippen molar-refractivity contribution >= 4 is 67.9 Å². The van der Waals surface area contributed by atoms with Crippen LogP contribution in [0.2, 0.25) is 0 Å². The van der Waals surface area contributed by atoms with Crippen LogP contribution in [0, 0.1) is 7.14 Å². The molecule has 0 fully saturated rings. The highest BCUT2D eigenvalue weighted by Crippen LogP contribution is 2.08. The van der Waals surface area contributed by atoms with Gasteiger partial charge < -0.3 is 4.90 Å². The first-order valence-corrected chi connectivity index (χ1v) is 9.69. The fourth-order valence-electron chi connectivity index (χ4n) is 1.70. The Bertz CT molecular complexity index is 670. The van der Waals surface area contributed by atoms with Crippen LogP contribution in [0.5, 0.6) is 0 Å². The topological polar surface area (TPSA) is 37.4 Å². The predicted molar refractivity (Wildman–Crippen MR) is 115 cm³/mol. The second-order valence-corrected chi connectivity index (χ2v) is 8.16. The molecule has 0 heterocycles. The zero-order valence-corrected chi connectivity index (χ0v) is 18.5. The largest absolute Gasteiger partial charge is 0.349 e. The lowest BCUT2D eigenvalue weighted by molar-refractivity contribution is -0.128. The third kappa shape index (κ3) is 8.98. The number of halogens is 3. The molecule has 2 aromatic carbocycles. The van der Waals surface area contributed by atoms with Crippen LogP contribution >= 0.6 is 56.8 Å². The Morgan fingerprint density at radius 2 is 1.21 bits per heavy atom. The van der Waals surface area contributed by atoms with E-state index in [0.29, 0.717) is 12.8 Å². The fraction of sp³-hybridized carbons (Fsp3) is 0.222. The molecule has 0 aliphatic rings. The smallest absolute Gasteiger partial charge is 0.226 e. The number of nitrogens with zero attached hydrogens (tertiary/aromatic N) is 1. The Balaban J connectivity index is 0.000000243. The minimum Gasteiger partial charge on any atom is -0.349 e. The molecule has 0 spiro atoms. The number of rotatable bonds is 4. The van der Waals surface area contributed by atoms with Gasteiger partial charge >= 0.3 is 0 Å². The van der Waals surface area contributed by atoms with Crippen LogP contribution < -0.4 is 0 Å². The van der Waals surface area contributed by atoms with E-state index in [1.165, 1.54) is 3.57 Å². The number of amides is 1. The average molecular weight is 570 g/mol. The third-order valence-electron chi connectivity index (χ3n) is 3.02. The van der Waals surface area contributed by atoms with E-state index >= 15 is 0 Å². The summed E-state index contributed by atoms with van der Waals surface area (Å²) in [6.07, 6.45) is 0.808. The van der Waals surface area contributed by atoms with Crippen molar-refractivity contribution in [2.45, 2.75) is 12.8 Å². The first-order chi connectivity index (χ1) is 11.3. The van der Waals surface area contributed by atoms with Gasteiger partial charge in [0.25, 0.3) is 0 Å². The van der Waals surface area contributed by atoms with Crippen LogP contribution in [0.4, 0.5) is 0 Å². The van der Waals surface area contributed by atoms with Crippen molar-refractivity contribution in [1.82, 2.24) is 4.90 Å². The van der Waals surface area contributed by atoms with Gasteiger partial charge in [-0.1, -0.05) is 24.3 Å². The molecular weight excluding hydrogens is 551 g/mol. The Hall–Kier alpha value is -0.670. The number of benzene rings is 2. The molecule has 6 heteroatoms. The summed E-state index contributed by atoms with van der Waals surface area (Å²) in [6.45, 7) is 0. The lowest BCUT2D eigenvalue weighted by Crippen LogP contribution is -2.23. The van der Waals surface area contributed by atoms with Gasteiger partial charge in [0.1, 0.15) is 0 Å². The molecule has 3 nitrogen and oxygen atoms in total. The van der Waals surface area contributed by atoms with Crippen molar-refractivity contribution in [2.75, 3.05) is 14.1 Å². The van der Waals surface area contributed by atoms with Gasteiger partial charge in [0, 0.05) is 27.7 Å². The highest BCUT2D eigenvalue weighted by Gasteiger charge is 2.04. The van der Waals surface area contributed by atoms with E-state index in [0.717, 1.165) is 14.7 Å². The fourth-order valence-corrected chi connectivity index (χ4v) is 2.57. The van der Waals surface area contributed by atoms with Gasteiger partial charge in [-0.05, 0) is 92.2 Å². The van der Waals surface area contributed by atoms with E-state index in [-0.39, 0.29) is 11.1 Å². The van der Waals surface area contributed by atoms with Gasteiger partial charge in [0.05, 0.1) is 6.42 Å². The normalized spacial score (nSPS) is 9.71. The van der Waals surface area contributed by atoms with Gasteiger partial charge in [-0.3, -0.25) is 9.59 Å². The lowest BCUT2D eigenvalue weighted by atomic mass is 10.1. The molecule has 0 aliphatic carbocycles. The van der Waals surface area contributed by atoms with E-state index in [2.05, 4.69) is 45.2 Å². The van der Waals surface area contributed by atoms with E-state index in [1.807, 2.05) is 48.5 Å². The molecule has 0 unspecified atom stereocenters. The zero-order valence-electron chi connectivity index (χ0n) is 13.4. The van der Waals surface area contributed by atoms with Crippen LogP contribution in [-0.4, -0.2) is 30.1 Å². The Kier molecular flexibility index (Phi) is 9.84. The highest BCUT2D eigenvalue weighted by molar-refractivity contribution is 14.1. The van der Waals surface area contributed by atoms with E-state index in [9.17, 15) is 9.59 Å². The van der Waals surface area contributed by atoms with Gasteiger partial charge in [0.2, 0.25) is 11.1 Å². The first kappa shape index (κ1) is 21.4. The maximum absolute atomic E-state index is 11.3. The molecule has 0 atom stereocenters. The molecule has 1 amide bonds. The molecule has 0 radical (unpaired) electrons. The van der Waals surface area contributed by atoms with Gasteiger partial charge in [-0.2, -0.15) is 0 Å². The van der Waals surface area contributed by atoms with Gasteiger partial charge in [-0.25, -0.2) is 0 Å². The highest BCUT2D eigenvalue weighted by atomic mass is 127. The first-order valence-electron chi connectivity index (χ1n) is 7.15. The molecule has 24 heavy (non-hydrogen) atoms. The maximum atomic E-state index is 11.3. The molecule has 2 rings (SSSR count). The summed E-state index contributed by atoms with van der Waals surface area (Å²) in [7, 11) is 3.55. The van der Waals surface area contributed by atoms with Crippen LogP contribution in [0.25, 0.3) is 0 Å². The van der Waals surface area contributed by atoms with Crippen molar-refractivity contribution in [2.24, 2.45) is 0 Å². The Morgan fingerprint density at radius 1 is 0.833 bits per heavy atom. The molecule has 0 bridgehead atoms. The average Bonchev–Trinajstić information content (AvgIpc) is 2.52. The van der Waals surface area contributed by atoms with Crippen LogP contribution in [0.15, 0.2) is 48.5 Å². The molecule has 2 aromatic rings. The van der Waals surface area contributed by atoms with Crippen LogP contribution in [-0.2, 0) is 22.4 Å². The molecule has 0 aliphatic heterocycles. The van der Waals surface area contributed by atoms with Crippen molar-refractivity contribution in [3.8, 4) is 0 Å². The summed E-state index contributed by atoms with van der Waals surface area (Å²) >= 11 is 9.67. The van der Waals surface area contributed by atoms with E-state index in [1.54, 1.807) is 19.0 Å². The number of hydrogen-bond donors (Lipinski definition) is 0. The summed E-state index contributed by atoms with van der Waals surface area (Å²) in [5, 5.41) is -0.314. The third-order valence-corrected chi connectivity index (χ3v) is 4.60. The van der Waals surface area contributed by atoms with Crippen molar-refractivity contribution in [3.05, 3.63) is 66.8 Å². The van der Waals surface area contributed by atoms with Gasteiger partial charge in [0.15, 0.2) is 0 Å². The van der Waals surface area contributed by atoms with Crippen LogP contribution in [0.1, 0.15) is 11.1 Å². The minimum absolute atomic E-state index is 0.140. The molecular formula is C18H18ClI2NO2. The van der Waals surface area contributed by atoms with Gasteiger partial charge in [-0.15, -0.1) is 0 Å². The number of carbonyl (C=O) groups is 2. The summed E-state index contributed by atoms with van der Waals surface area (Å²) in [6, 6.07) is 15.7. The van der Waals surface area contributed by atoms with Crippen LogP contribution in [0.3, 0.4) is 0 Å². The Morgan fingerprint density at radius 3 is 1.54 bits per heavy atom. The molecule has 128 valence electrons. The summed E-state index contributed by atoms with van der Waals surface area (Å²) < 4.78 is 2.35. The monoisotopic (exact) mass is 569 g/mol. The SMILES string of the molecule is CN(C)C(=O)Cc1ccc(I)cc1.O=C(Cl)Cc1ccc(I)cc1. The summed E-state index contributed by atoms with van der Waals surface area (Å²) in [5.41, 5.74) is 2.03. The maximum Gasteiger partial charge on any atom is 0.226 e. The second-order valence-electron chi connectivity index (χ2n) is 5.25. The molecule has 0 N–H and O–H groups in total. The molecule has 0 aromatic heterocycles. The number of hydrogen-bond acceptors (Lipinski definition) is 2. The number of likely N-dealkylation sites (N-methyl/N-ethyl adjacent to an activating group) is 1. The van der Waals surface area contributed by atoms with Crippen molar-refractivity contribution in [1.29, 1.82) is 0 Å². The summed E-state index contributed by atoms with van der Waals surface area (Å²) in [4.78, 5) is 23.4. The minimum atomic E-state index is -0.314. The Labute approximate surface area is 175 Å². The second kappa shape index (κ2) is 11.0. The lowest BCUT2D eigenvalue weighted by Gasteiger charge is -2.09. The number of carbonyl (C=O) groups excluding carboxylic acids is 2. The van der Waals surface area contributed by atoms with E-state index < -0.39 is 0 Å². The predicted octanol–water partition coefficient (Wildman–Crippen LogP) is 4.52. The molecule has 0 saturated heterocycles. The van der Waals surface area contributed by atoms with Crippen molar-refractivity contribution < 1.29 is 9.59 Å². The van der Waals surface area contributed by atoms with E-state index in [4.69, 9.17) is 11.6 Å². The van der Waals surface area contributed by atoms with Crippen molar-refractivity contribution in [3.63, 3.8) is 0 Å². The zero-order chi connectivity index (χ0) is 18.1. The standard InChI is InChI=1S/C10H12INO.C8H6ClIO/c1-12(2)10(13)7-8-3-5-9(11)6-4-8;9-8(11)5-6-1-3-7(10)4-2-6/h3-6H,7H2,1-2H3;1-4H,5H2. The quantitative estimate of drug-likeness (QED) is 0.401.